The van der Waals surface area contributed by atoms with E-state index in [1.807, 2.05) is 4.90 Å². The molecule has 1 saturated heterocycles. The summed E-state index contributed by atoms with van der Waals surface area (Å²) >= 11 is 0. The van der Waals surface area contributed by atoms with Crippen molar-refractivity contribution >= 4 is 5.91 Å². The van der Waals surface area contributed by atoms with Gasteiger partial charge in [0.15, 0.2) is 5.69 Å². The van der Waals surface area contributed by atoms with Gasteiger partial charge in [0.2, 0.25) is 5.88 Å². The van der Waals surface area contributed by atoms with Gasteiger partial charge in [-0.2, -0.15) is 5.10 Å². The molecule has 0 aromatic carbocycles. The number of carbonyl (C=O) groups is 1. The fraction of sp³-hybridized carbons (Fsp3) is 0.714. The first kappa shape index (κ1) is 12.5. The SMILES string of the molecule is CC1CC(C)CN(C(=O)c2cc3n(n2)CCCO3)C1. The zero-order valence-electron chi connectivity index (χ0n) is 11.6. The number of amides is 1. The average Bonchev–Trinajstić information content (AvgIpc) is 2.80. The van der Waals surface area contributed by atoms with Gasteiger partial charge in [-0.1, -0.05) is 13.8 Å². The molecule has 3 rings (SSSR count). The predicted molar refractivity (Wildman–Crippen MR) is 71.2 cm³/mol. The van der Waals surface area contributed by atoms with Gasteiger partial charge in [-0.15, -0.1) is 0 Å². The summed E-state index contributed by atoms with van der Waals surface area (Å²) in [6, 6.07) is 1.78. The monoisotopic (exact) mass is 263 g/mol. The Morgan fingerprint density at radius 1 is 1.37 bits per heavy atom. The molecule has 19 heavy (non-hydrogen) atoms. The molecule has 0 aliphatic carbocycles. The number of hydrogen-bond acceptors (Lipinski definition) is 3. The van der Waals surface area contributed by atoms with Crippen molar-refractivity contribution in [2.75, 3.05) is 19.7 Å². The van der Waals surface area contributed by atoms with E-state index in [4.69, 9.17) is 4.74 Å². The highest BCUT2D eigenvalue weighted by Gasteiger charge is 2.28. The van der Waals surface area contributed by atoms with E-state index < -0.39 is 0 Å². The molecular weight excluding hydrogens is 242 g/mol. The number of fused-ring (bicyclic) bond motifs is 1. The van der Waals surface area contributed by atoms with Crippen LogP contribution in [0.5, 0.6) is 5.88 Å². The van der Waals surface area contributed by atoms with E-state index >= 15 is 0 Å². The minimum absolute atomic E-state index is 0.0453. The fourth-order valence-corrected chi connectivity index (χ4v) is 3.16. The van der Waals surface area contributed by atoms with Crippen LogP contribution >= 0.6 is 0 Å². The first-order valence-electron chi connectivity index (χ1n) is 7.13. The highest BCUT2D eigenvalue weighted by molar-refractivity contribution is 5.92. The summed E-state index contributed by atoms with van der Waals surface area (Å²) in [5.74, 6) is 1.92. The van der Waals surface area contributed by atoms with Gasteiger partial charge in [-0.3, -0.25) is 4.79 Å². The molecule has 0 bridgehead atoms. The minimum Gasteiger partial charge on any atom is -0.478 e. The van der Waals surface area contributed by atoms with Crippen LogP contribution in [0, 0.1) is 11.8 Å². The third kappa shape index (κ3) is 2.46. The number of aromatic nitrogens is 2. The van der Waals surface area contributed by atoms with Crippen LogP contribution in [0.3, 0.4) is 0 Å². The minimum atomic E-state index is 0.0453. The molecule has 2 aliphatic heterocycles. The first-order valence-corrected chi connectivity index (χ1v) is 7.13. The van der Waals surface area contributed by atoms with Crippen molar-refractivity contribution in [3.63, 3.8) is 0 Å². The second-order valence-electron chi connectivity index (χ2n) is 5.95. The number of carbonyl (C=O) groups excluding carboxylic acids is 1. The predicted octanol–water partition coefficient (Wildman–Crippen LogP) is 1.78. The zero-order chi connectivity index (χ0) is 13.4. The van der Waals surface area contributed by atoms with Gasteiger partial charge in [0.1, 0.15) is 0 Å². The molecule has 0 saturated carbocycles. The van der Waals surface area contributed by atoms with Crippen molar-refractivity contribution in [1.29, 1.82) is 0 Å². The van der Waals surface area contributed by atoms with Crippen LogP contribution in [0.1, 0.15) is 37.2 Å². The normalized spacial score (nSPS) is 26.7. The summed E-state index contributed by atoms with van der Waals surface area (Å²) in [6.07, 6.45) is 2.16. The number of aryl methyl sites for hydroxylation is 1. The average molecular weight is 263 g/mol. The lowest BCUT2D eigenvalue weighted by Gasteiger charge is -2.34. The molecule has 1 aromatic heterocycles. The second kappa shape index (κ2) is 4.87. The van der Waals surface area contributed by atoms with Crippen LogP contribution in [0.25, 0.3) is 0 Å². The Labute approximate surface area is 113 Å². The molecule has 1 amide bonds. The Balaban J connectivity index is 1.77. The Morgan fingerprint density at radius 2 is 2.11 bits per heavy atom. The zero-order valence-corrected chi connectivity index (χ0v) is 11.6. The molecule has 0 radical (unpaired) electrons. The van der Waals surface area contributed by atoms with E-state index in [-0.39, 0.29) is 5.91 Å². The maximum absolute atomic E-state index is 12.5. The number of ether oxygens (including phenoxy) is 1. The molecule has 104 valence electrons. The number of likely N-dealkylation sites (tertiary alicyclic amines) is 1. The van der Waals surface area contributed by atoms with Crippen molar-refractivity contribution in [1.82, 2.24) is 14.7 Å². The van der Waals surface area contributed by atoms with Crippen LogP contribution in [0.15, 0.2) is 6.07 Å². The van der Waals surface area contributed by atoms with Gasteiger partial charge < -0.3 is 9.64 Å². The van der Waals surface area contributed by atoms with Crippen LogP contribution < -0.4 is 4.74 Å². The fourth-order valence-electron chi connectivity index (χ4n) is 3.16. The molecular formula is C14H21N3O2. The number of piperidine rings is 1. The maximum Gasteiger partial charge on any atom is 0.274 e. The van der Waals surface area contributed by atoms with Gasteiger partial charge in [0, 0.05) is 32.1 Å². The van der Waals surface area contributed by atoms with Gasteiger partial charge in [0.05, 0.1) is 6.61 Å². The molecule has 2 atom stereocenters. The summed E-state index contributed by atoms with van der Waals surface area (Å²) in [4.78, 5) is 14.4. The quantitative estimate of drug-likeness (QED) is 0.776. The topological polar surface area (TPSA) is 47.4 Å². The lowest BCUT2D eigenvalue weighted by atomic mass is 9.92. The summed E-state index contributed by atoms with van der Waals surface area (Å²) in [5, 5.41) is 4.38. The standard InChI is InChI=1S/C14H21N3O2/c1-10-6-11(2)9-16(8-10)14(18)12-7-13-17(15-12)4-3-5-19-13/h7,10-11H,3-6,8-9H2,1-2H3. The van der Waals surface area contributed by atoms with Gasteiger partial charge >= 0.3 is 0 Å². The highest BCUT2D eigenvalue weighted by atomic mass is 16.5. The van der Waals surface area contributed by atoms with E-state index in [2.05, 4.69) is 18.9 Å². The molecule has 5 nitrogen and oxygen atoms in total. The van der Waals surface area contributed by atoms with Crippen molar-refractivity contribution in [2.45, 2.75) is 33.2 Å². The molecule has 0 spiro atoms. The van der Waals surface area contributed by atoms with Crippen LogP contribution in [0.4, 0.5) is 0 Å². The van der Waals surface area contributed by atoms with Crippen molar-refractivity contribution in [2.24, 2.45) is 11.8 Å². The van der Waals surface area contributed by atoms with Crippen LogP contribution in [-0.2, 0) is 6.54 Å². The molecule has 1 aromatic rings. The number of hydrogen-bond donors (Lipinski definition) is 0. The summed E-state index contributed by atoms with van der Waals surface area (Å²) < 4.78 is 7.31. The van der Waals surface area contributed by atoms with Crippen LogP contribution in [0.2, 0.25) is 0 Å². The molecule has 5 heteroatoms. The molecule has 2 aliphatic rings. The van der Waals surface area contributed by atoms with Gasteiger partial charge in [-0.25, -0.2) is 4.68 Å². The molecule has 0 N–H and O–H groups in total. The smallest absolute Gasteiger partial charge is 0.274 e. The highest BCUT2D eigenvalue weighted by Crippen LogP contribution is 2.24. The Morgan fingerprint density at radius 3 is 2.79 bits per heavy atom. The van der Waals surface area contributed by atoms with Crippen molar-refractivity contribution in [3.8, 4) is 5.88 Å². The van der Waals surface area contributed by atoms with Crippen LogP contribution in [-0.4, -0.2) is 40.3 Å². The maximum atomic E-state index is 12.5. The van der Waals surface area contributed by atoms with E-state index in [1.54, 1.807) is 10.7 Å². The van der Waals surface area contributed by atoms with Gasteiger partial charge in [-0.05, 0) is 18.3 Å². The number of nitrogens with zero attached hydrogens (tertiary/aromatic N) is 3. The largest absolute Gasteiger partial charge is 0.478 e. The second-order valence-corrected chi connectivity index (χ2v) is 5.95. The van der Waals surface area contributed by atoms with E-state index in [0.29, 0.717) is 17.5 Å². The summed E-state index contributed by atoms with van der Waals surface area (Å²) in [5.41, 5.74) is 0.526. The van der Waals surface area contributed by atoms with E-state index in [1.165, 1.54) is 6.42 Å². The molecule has 1 fully saturated rings. The Hall–Kier alpha value is -1.52. The molecule has 3 heterocycles. The Kier molecular flexibility index (Phi) is 3.21. The lowest BCUT2D eigenvalue weighted by Crippen LogP contribution is -2.42. The van der Waals surface area contributed by atoms with E-state index in [9.17, 15) is 4.79 Å². The number of rotatable bonds is 1. The Bertz CT molecular complexity index is 450. The third-order valence-electron chi connectivity index (χ3n) is 3.88. The third-order valence-corrected chi connectivity index (χ3v) is 3.88. The molecule has 2 unspecified atom stereocenters. The van der Waals surface area contributed by atoms with Crippen molar-refractivity contribution in [3.05, 3.63) is 11.8 Å². The van der Waals surface area contributed by atoms with Crippen molar-refractivity contribution < 1.29 is 9.53 Å². The first-order chi connectivity index (χ1) is 9.13. The lowest BCUT2D eigenvalue weighted by molar-refractivity contribution is 0.0616. The van der Waals surface area contributed by atoms with Gasteiger partial charge in [0.25, 0.3) is 5.91 Å². The summed E-state index contributed by atoms with van der Waals surface area (Å²) in [6.45, 7) is 7.65. The van der Waals surface area contributed by atoms with E-state index in [0.717, 1.165) is 38.5 Å². The summed E-state index contributed by atoms with van der Waals surface area (Å²) in [7, 11) is 0.